The number of thiazole rings is 1. The lowest BCUT2D eigenvalue weighted by Crippen LogP contribution is -2.06. The highest BCUT2D eigenvalue weighted by molar-refractivity contribution is 7.07. The number of rotatable bonds is 5. The lowest BCUT2D eigenvalue weighted by Gasteiger charge is -2.11. The van der Waals surface area contributed by atoms with Crippen LogP contribution in [0.15, 0.2) is 29.1 Å². The maximum Gasteiger partial charge on any atom is 0.141 e. The second kappa shape index (κ2) is 6.00. The van der Waals surface area contributed by atoms with Crippen LogP contribution in [0.1, 0.15) is 11.3 Å². The third-order valence-corrected chi connectivity index (χ3v) is 3.24. The zero-order valence-corrected chi connectivity index (χ0v) is 10.8. The van der Waals surface area contributed by atoms with Gasteiger partial charge in [-0.15, -0.1) is 11.3 Å². The summed E-state index contributed by atoms with van der Waals surface area (Å²) in [4.78, 5) is 4.16. The first-order valence-corrected chi connectivity index (χ1v) is 6.60. The van der Waals surface area contributed by atoms with E-state index in [0.29, 0.717) is 23.9 Å². The normalized spacial score (nSPS) is 10.5. The molecule has 0 saturated carbocycles. The molecule has 0 saturated heterocycles. The molecular weight excluding hydrogens is 256 g/mol. The van der Waals surface area contributed by atoms with E-state index >= 15 is 0 Å². The summed E-state index contributed by atoms with van der Waals surface area (Å²) in [5.74, 6) is 0.715. The van der Waals surface area contributed by atoms with Crippen LogP contribution in [0.2, 0.25) is 5.02 Å². The van der Waals surface area contributed by atoms with E-state index in [-0.39, 0.29) is 0 Å². The molecule has 0 aliphatic carbocycles. The Labute approximate surface area is 109 Å². The van der Waals surface area contributed by atoms with Gasteiger partial charge in [0.2, 0.25) is 0 Å². The van der Waals surface area contributed by atoms with Gasteiger partial charge in [0.15, 0.2) is 0 Å². The molecule has 0 unspecified atom stereocenters. The molecule has 1 aromatic heterocycles. The van der Waals surface area contributed by atoms with Crippen LogP contribution in [0.3, 0.4) is 0 Å². The van der Waals surface area contributed by atoms with Crippen LogP contribution in [-0.2, 0) is 13.0 Å². The highest BCUT2D eigenvalue weighted by Crippen LogP contribution is 2.29. The molecule has 0 aliphatic heterocycles. The summed E-state index contributed by atoms with van der Waals surface area (Å²) in [6.07, 6.45) is 0.757. The summed E-state index contributed by atoms with van der Waals surface area (Å²) in [6.45, 7) is 1.01. The van der Waals surface area contributed by atoms with Gasteiger partial charge in [-0.2, -0.15) is 0 Å². The maximum absolute atomic E-state index is 6.12. The van der Waals surface area contributed by atoms with Crippen LogP contribution in [0.5, 0.6) is 5.75 Å². The van der Waals surface area contributed by atoms with E-state index in [1.54, 1.807) is 16.8 Å². The van der Waals surface area contributed by atoms with Crippen molar-refractivity contribution >= 4 is 22.9 Å². The zero-order chi connectivity index (χ0) is 12.1. The minimum atomic E-state index is 0.435. The Bertz CT molecular complexity index is 473. The molecule has 2 rings (SSSR count). The number of ether oxygens (including phenoxy) is 1. The fourth-order valence-corrected chi connectivity index (χ4v) is 2.31. The predicted molar refractivity (Wildman–Crippen MR) is 70.7 cm³/mol. The SMILES string of the molecule is NCCc1cccc(Cl)c1OCc1cscn1. The molecule has 0 amide bonds. The van der Waals surface area contributed by atoms with Crippen molar-refractivity contribution < 1.29 is 4.74 Å². The predicted octanol–water partition coefficient (Wildman–Crippen LogP) is 2.88. The van der Waals surface area contributed by atoms with Crippen molar-refractivity contribution in [3.63, 3.8) is 0 Å². The lowest BCUT2D eigenvalue weighted by molar-refractivity contribution is 0.299. The van der Waals surface area contributed by atoms with Crippen molar-refractivity contribution in [2.75, 3.05) is 6.54 Å². The second-order valence-electron chi connectivity index (χ2n) is 3.54. The standard InChI is InChI=1S/C12H13ClN2OS/c13-11-3-1-2-9(4-5-14)12(11)16-6-10-7-17-8-15-10/h1-3,7-8H,4-6,14H2. The van der Waals surface area contributed by atoms with Gasteiger partial charge in [0.05, 0.1) is 16.2 Å². The van der Waals surface area contributed by atoms with E-state index in [1.807, 2.05) is 23.6 Å². The number of hydrogen-bond acceptors (Lipinski definition) is 4. The van der Waals surface area contributed by atoms with Crippen molar-refractivity contribution in [3.8, 4) is 5.75 Å². The smallest absolute Gasteiger partial charge is 0.141 e. The van der Waals surface area contributed by atoms with Gasteiger partial charge >= 0.3 is 0 Å². The maximum atomic E-state index is 6.12. The first kappa shape index (κ1) is 12.4. The first-order valence-electron chi connectivity index (χ1n) is 5.28. The molecular formula is C12H13ClN2OS. The van der Waals surface area contributed by atoms with E-state index in [2.05, 4.69) is 4.98 Å². The van der Waals surface area contributed by atoms with E-state index in [0.717, 1.165) is 17.7 Å². The molecule has 0 bridgehead atoms. The van der Waals surface area contributed by atoms with Gasteiger partial charge in [-0.1, -0.05) is 23.7 Å². The number of aromatic nitrogens is 1. The topological polar surface area (TPSA) is 48.1 Å². The average molecular weight is 269 g/mol. The Morgan fingerprint density at radius 3 is 3.00 bits per heavy atom. The van der Waals surface area contributed by atoms with Crippen molar-refractivity contribution in [2.45, 2.75) is 13.0 Å². The Morgan fingerprint density at radius 1 is 1.41 bits per heavy atom. The molecule has 0 radical (unpaired) electrons. The van der Waals surface area contributed by atoms with Crippen molar-refractivity contribution in [2.24, 2.45) is 5.73 Å². The Morgan fingerprint density at radius 2 is 2.29 bits per heavy atom. The summed E-state index contributed by atoms with van der Waals surface area (Å²) >= 11 is 7.67. The van der Waals surface area contributed by atoms with Crippen molar-refractivity contribution in [1.29, 1.82) is 0 Å². The highest BCUT2D eigenvalue weighted by atomic mass is 35.5. The van der Waals surface area contributed by atoms with Crippen LogP contribution in [-0.4, -0.2) is 11.5 Å². The van der Waals surface area contributed by atoms with Crippen molar-refractivity contribution in [1.82, 2.24) is 4.98 Å². The zero-order valence-electron chi connectivity index (χ0n) is 9.23. The molecule has 0 atom stereocenters. The number of para-hydroxylation sites is 1. The van der Waals surface area contributed by atoms with Crippen LogP contribution < -0.4 is 10.5 Å². The number of halogens is 1. The molecule has 0 aliphatic rings. The summed E-state index contributed by atoms with van der Waals surface area (Å²) < 4.78 is 5.72. The summed E-state index contributed by atoms with van der Waals surface area (Å²) in [6, 6.07) is 5.70. The van der Waals surface area contributed by atoms with Crippen LogP contribution >= 0.6 is 22.9 Å². The Hall–Kier alpha value is -1.10. The molecule has 3 nitrogen and oxygen atoms in total. The van der Waals surface area contributed by atoms with Crippen LogP contribution in [0, 0.1) is 0 Å². The third kappa shape index (κ3) is 3.19. The summed E-state index contributed by atoms with van der Waals surface area (Å²) in [5, 5.41) is 2.57. The molecule has 2 aromatic rings. The van der Waals surface area contributed by atoms with Gasteiger partial charge < -0.3 is 10.5 Å². The molecule has 0 fully saturated rings. The van der Waals surface area contributed by atoms with E-state index < -0.39 is 0 Å². The minimum Gasteiger partial charge on any atom is -0.485 e. The quantitative estimate of drug-likeness (QED) is 0.907. The minimum absolute atomic E-state index is 0.435. The van der Waals surface area contributed by atoms with Gasteiger partial charge in [0.1, 0.15) is 12.4 Å². The van der Waals surface area contributed by atoms with Crippen LogP contribution in [0.4, 0.5) is 0 Å². The Balaban J connectivity index is 2.13. The molecule has 2 N–H and O–H groups in total. The molecule has 1 aromatic carbocycles. The number of hydrogen-bond donors (Lipinski definition) is 1. The Kier molecular flexibility index (Phi) is 4.36. The fourth-order valence-electron chi connectivity index (χ4n) is 1.52. The van der Waals surface area contributed by atoms with E-state index in [4.69, 9.17) is 22.1 Å². The van der Waals surface area contributed by atoms with E-state index in [9.17, 15) is 0 Å². The van der Waals surface area contributed by atoms with Crippen molar-refractivity contribution in [3.05, 3.63) is 45.4 Å². The molecule has 5 heteroatoms. The largest absolute Gasteiger partial charge is 0.485 e. The van der Waals surface area contributed by atoms with Gasteiger partial charge in [-0.3, -0.25) is 0 Å². The number of nitrogens with zero attached hydrogens (tertiary/aromatic N) is 1. The molecule has 90 valence electrons. The fraction of sp³-hybridized carbons (Fsp3) is 0.250. The van der Waals surface area contributed by atoms with Gasteiger partial charge in [-0.25, -0.2) is 4.98 Å². The summed E-state index contributed by atoms with van der Waals surface area (Å²) in [7, 11) is 0. The average Bonchev–Trinajstić information content (AvgIpc) is 2.82. The first-order chi connectivity index (χ1) is 8.31. The molecule has 0 spiro atoms. The molecule has 17 heavy (non-hydrogen) atoms. The van der Waals surface area contributed by atoms with E-state index in [1.165, 1.54) is 0 Å². The number of benzene rings is 1. The summed E-state index contributed by atoms with van der Waals surface area (Å²) in [5.41, 5.74) is 9.29. The lowest BCUT2D eigenvalue weighted by atomic mass is 10.1. The highest BCUT2D eigenvalue weighted by Gasteiger charge is 2.08. The van der Waals surface area contributed by atoms with Gasteiger partial charge in [0.25, 0.3) is 0 Å². The second-order valence-corrected chi connectivity index (χ2v) is 4.66. The van der Waals surface area contributed by atoms with Gasteiger partial charge in [-0.05, 0) is 24.6 Å². The van der Waals surface area contributed by atoms with Gasteiger partial charge in [0, 0.05) is 5.38 Å². The monoisotopic (exact) mass is 268 g/mol. The van der Waals surface area contributed by atoms with Crippen LogP contribution in [0.25, 0.3) is 0 Å². The number of nitrogens with two attached hydrogens (primary N) is 1. The third-order valence-electron chi connectivity index (χ3n) is 2.31. The molecule has 1 heterocycles.